The van der Waals surface area contributed by atoms with Gasteiger partial charge in [-0.05, 0) is 62.6 Å². The van der Waals surface area contributed by atoms with Crippen LogP contribution >= 0.6 is 23.2 Å². The van der Waals surface area contributed by atoms with Crippen molar-refractivity contribution in [3.05, 3.63) is 71.8 Å². The average molecular weight is 680 g/mol. The Labute approximate surface area is 261 Å². The first-order chi connectivity index (χ1) is 20.3. The Bertz CT molecular complexity index is 1830. The van der Waals surface area contributed by atoms with Gasteiger partial charge in [0.2, 0.25) is 0 Å². The average Bonchev–Trinajstić information content (AvgIpc) is 3.33. The van der Waals surface area contributed by atoms with Crippen molar-refractivity contribution in [1.29, 1.82) is 0 Å². The number of hydrogen-bond donors (Lipinski definition) is 2. The van der Waals surface area contributed by atoms with E-state index in [-0.39, 0.29) is 51.4 Å². The van der Waals surface area contributed by atoms with Crippen LogP contribution in [-0.4, -0.2) is 59.4 Å². The maximum Gasteiger partial charge on any atom is 0.416 e. The molecule has 1 aromatic heterocycles. The molecule has 2 heterocycles. The van der Waals surface area contributed by atoms with E-state index in [1.54, 1.807) is 25.7 Å². The van der Waals surface area contributed by atoms with Crippen LogP contribution in [0.25, 0.3) is 10.9 Å². The number of rotatable bonds is 7. The van der Waals surface area contributed by atoms with Gasteiger partial charge in [-0.15, -0.1) is 0 Å². The van der Waals surface area contributed by atoms with Gasteiger partial charge in [-0.1, -0.05) is 30.1 Å². The summed E-state index contributed by atoms with van der Waals surface area (Å²) < 4.78 is 74.1. The number of likely N-dealkylation sites (tertiary alicyclic amines) is 1. The molecule has 1 atom stereocenters. The molecule has 2 N–H and O–H groups in total. The van der Waals surface area contributed by atoms with Gasteiger partial charge >= 0.3 is 18.0 Å². The molecule has 1 aliphatic heterocycles. The normalized spacial score (nSPS) is 16.4. The predicted molar refractivity (Wildman–Crippen MR) is 160 cm³/mol. The molecular formula is C28H31Cl2F3N4O6S. The van der Waals surface area contributed by atoms with Crippen LogP contribution in [-0.2, 0) is 33.8 Å². The molecule has 1 amide bonds. The van der Waals surface area contributed by atoms with E-state index in [0.29, 0.717) is 23.6 Å². The van der Waals surface area contributed by atoms with Crippen molar-refractivity contribution in [2.45, 2.75) is 69.9 Å². The van der Waals surface area contributed by atoms with E-state index in [4.69, 9.17) is 27.9 Å². The summed E-state index contributed by atoms with van der Waals surface area (Å²) in [6.07, 6.45) is -5.11. The van der Waals surface area contributed by atoms with E-state index in [1.165, 1.54) is 25.1 Å². The Morgan fingerprint density at radius 3 is 2.43 bits per heavy atom. The van der Waals surface area contributed by atoms with Crippen molar-refractivity contribution in [2.75, 3.05) is 18.8 Å². The van der Waals surface area contributed by atoms with Gasteiger partial charge in [0, 0.05) is 30.7 Å². The number of H-pyrrole nitrogens is 1. The lowest BCUT2D eigenvalue weighted by atomic mass is 10.0. The highest BCUT2D eigenvalue weighted by atomic mass is 35.5. The first-order valence-electron chi connectivity index (χ1n) is 13.6. The van der Waals surface area contributed by atoms with Crippen molar-refractivity contribution in [3.63, 3.8) is 0 Å². The number of fused-ring (bicyclic) bond motifs is 1. The smallest absolute Gasteiger partial charge is 0.416 e. The van der Waals surface area contributed by atoms with Crippen LogP contribution in [0.4, 0.5) is 18.0 Å². The Balaban J connectivity index is 1.73. The number of alkyl carbamates (subject to hydrolysis) is 1. The summed E-state index contributed by atoms with van der Waals surface area (Å²) >= 11 is 12.5. The van der Waals surface area contributed by atoms with E-state index in [9.17, 15) is 36.0 Å². The highest BCUT2D eigenvalue weighted by molar-refractivity contribution is 7.91. The number of carbonyl (C=O) groups excluding carboxylic acids is 1. The molecule has 0 bridgehead atoms. The van der Waals surface area contributed by atoms with Crippen LogP contribution in [0.2, 0.25) is 10.0 Å². The molecule has 1 fully saturated rings. The third-order valence-corrected chi connectivity index (χ3v) is 9.55. The van der Waals surface area contributed by atoms with Crippen molar-refractivity contribution in [3.8, 4) is 0 Å². The van der Waals surface area contributed by atoms with Crippen LogP contribution in [0.5, 0.6) is 0 Å². The number of aromatic amines is 1. The number of nitrogens with one attached hydrogen (secondary N) is 2. The number of benzene rings is 2. The van der Waals surface area contributed by atoms with Crippen LogP contribution in [0.1, 0.15) is 50.8 Å². The topological polar surface area (TPSA) is 131 Å². The van der Waals surface area contributed by atoms with Crippen LogP contribution in [0, 0.1) is 0 Å². The molecule has 0 unspecified atom stereocenters. The maximum atomic E-state index is 14.3. The molecule has 0 spiro atoms. The number of halogens is 5. The molecule has 10 nitrogen and oxygen atoms in total. The van der Waals surface area contributed by atoms with Crippen molar-refractivity contribution in [1.82, 2.24) is 19.8 Å². The van der Waals surface area contributed by atoms with Crippen LogP contribution in [0.3, 0.4) is 0 Å². The van der Waals surface area contributed by atoms with Crippen molar-refractivity contribution < 1.29 is 31.1 Å². The Kier molecular flexibility index (Phi) is 9.51. The molecule has 240 valence electrons. The van der Waals surface area contributed by atoms with Gasteiger partial charge in [-0.3, -0.25) is 14.3 Å². The van der Waals surface area contributed by atoms with E-state index in [2.05, 4.69) is 10.3 Å². The second-order valence-corrected chi connectivity index (χ2v) is 14.5. The van der Waals surface area contributed by atoms with Crippen molar-refractivity contribution >= 4 is 50.0 Å². The number of sulfone groups is 1. The number of hydrogen-bond acceptors (Lipinski definition) is 7. The zero-order valence-electron chi connectivity index (χ0n) is 24.3. The summed E-state index contributed by atoms with van der Waals surface area (Å²) in [5, 5.41) is 1.89. The van der Waals surface area contributed by atoms with Gasteiger partial charge in [0.05, 0.1) is 38.7 Å². The SMILES string of the molecule is CCS(=O)(=O)c1ccc(Cl)cc1Cn1c(=O)[nH]c2c(Cl)c(CN3CC[C@@H](NC(=O)OC(C)(C)C)C3)c(C(F)(F)F)cc2c1=O. The number of nitrogens with zero attached hydrogens (tertiary/aromatic N) is 2. The number of alkyl halides is 3. The lowest BCUT2D eigenvalue weighted by molar-refractivity contribution is -0.138. The van der Waals surface area contributed by atoms with Crippen LogP contribution < -0.4 is 16.6 Å². The molecule has 0 saturated carbocycles. The van der Waals surface area contributed by atoms with Gasteiger partial charge in [0.1, 0.15) is 5.60 Å². The number of ether oxygens (including phenoxy) is 1. The largest absolute Gasteiger partial charge is 0.444 e. The van der Waals surface area contributed by atoms with E-state index in [0.717, 1.165) is 0 Å². The number of aromatic nitrogens is 2. The Morgan fingerprint density at radius 2 is 1.82 bits per heavy atom. The van der Waals surface area contributed by atoms with Crippen LogP contribution in [0.15, 0.2) is 38.8 Å². The third-order valence-electron chi connectivity index (χ3n) is 7.07. The standard InChI is InChI=1S/C28H31Cl2F3N4O6S/c1-5-44(41,42)21-7-6-16(29)10-15(21)12-37-24(38)18-11-20(28(31,32)33)19(22(30)23(18)35-25(37)39)14-36-9-8-17(13-36)34-26(40)43-27(2,3)4/h6-7,10-11,17H,5,8-9,12-14H2,1-4H3,(H,34,40)(H,35,39)/t17-/m1/s1. The summed E-state index contributed by atoms with van der Waals surface area (Å²) in [4.78, 5) is 42.6. The minimum Gasteiger partial charge on any atom is -0.444 e. The zero-order valence-corrected chi connectivity index (χ0v) is 26.6. The fraction of sp³-hybridized carbons (Fsp3) is 0.464. The molecule has 1 aliphatic rings. The molecule has 1 saturated heterocycles. The van der Waals surface area contributed by atoms with Gasteiger partial charge < -0.3 is 15.0 Å². The fourth-order valence-electron chi connectivity index (χ4n) is 5.04. The molecule has 4 rings (SSSR count). The second-order valence-electron chi connectivity index (χ2n) is 11.5. The number of carbonyl (C=O) groups is 1. The van der Waals surface area contributed by atoms with Gasteiger partial charge in [0.15, 0.2) is 9.84 Å². The predicted octanol–water partition coefficient (Wildman–Crippen LogP) is 4.96. The quantitative estimate of drug-likeness (QED) is 0.361. The molecular weight excluding hydrogens is 648 g/mol. The minimum atomic E-state index is -4.91. The highest BCUT2D eigenvalue weighted by Gasteiger charge is 2.37. The summed E-state index contributed by atoms with van der Waals surface area (Å²) in [5.74, 6) is -0.271. The third kappa shape index (κ3) is 7.41. The maximum absolute atomic E-state index is 14.3. The molecule has 44 heavy (non-hydrogen) atoms. The fourth-order valence-corrected chi connectivity index (χ4v) is 6.65. The summed E-state index contributed by atoms with van der Waals surface area (Å²) in [6.45, 7) is 6.25. The summed E-state index contributed by atoms with van der Waals surface area (Å²) in [6, 6.07) is 4.12. The second kappa shape index (κ2) is 12.4. The lowest BCUT2D eigenvalue weighted by Gasteiger charge is -2.23. The summed E-state index contributed by atoms with van der Waals surface area (Å²) in [7, 11) is -3.79. The molecule has 2 aromatic carbocycles. The highest BCUT2D eigenvalue weighted by Crippen LogP contribution is 2.39. The van der Waals surface area contributed by atoms with Crippen molar-refractivity contribution in [2.24, 2.45) is 0 Å². The molecule has 0 aliphatic carbocycles. The lowest BCUT2D eigenvalue weighted by Crippen LogP contribution is -2.40. The first-order valence-corrected chi connectivity index (χ1v) is 16.0. The first kappa shape index (κ1) is 33.8. The molecule has 3 aromatic rings. The molecule has 16 heteroatoms. The number of amides is 1. The van der Waals surface area contributed by atoms with Gasteiger partial charge in [0.25, 0.3) is 5.56 Å². The summed E-state index contributed by atoms with van der Waals surface area (Å²) in [5.41, 5.74) is -4.58. The van der Waals surface area contributed by atoms with Gasteiger partial charge in [-0.25, -0.2) is 18.0 Å². The zero-order chi connectivity index (χ0) is 32.8. The minimum absolute atomic E-state index is 0.0219. The Morgan fingerprint density at radius 1 is 1.14 bits per heavy atom. The van der Waals surface area contributed by atoms with E-state index >= 15 is 0 Å². The Hall–Kier alpha value is -3.07. The monoisotopic (exact) mass is 678 g/mol. The van der Waals surface area contributed by atoms with E-state index < -0.39 is 61.5 Å². The molecule has 0 radical (unpaired) electrons. The van der Waals surface area contributed by atoms with Gasteiger partial charge in [-0.2, -0.15) is 13.2 Å². The van der Waals surface area contributed by atoms with E-state index in [1.807, 2.05) is 0 Å².